The van der Waals surface area contributed by atoms with Crippen LogP contribution in [-0.2, 0) is 13.2 Å². The molecule has 25 heavy (non-hydrogen) atoms. The standard InChI is InChI=1S/C19H24ClNO3.ClH/c1-3-17(12-22)21-11-14-7-8-18(19(10-14)23-2)24-13-15-5-4-6-16(20)9-15;/h4-10,17,21-22H,3,11-13H2,1-2H3;1H. The SMILES string of the molecule is CCC(CO)NCc1ccc(OCc2cccc(Cl)c2)c(OC)c1.Cl. The Morgan fingerprint density at radius 3 is 2.56 bits per heavy atom. The van der Waals surface area contributed by atoms with Gasteiger partial charge < -0.3 is 19.9 Å². The third-order valence-electron chi connectivity index (χ3n) is 3.82. The maximum atomic E-state index is 9.23. The van der Waals surface area contributed by atoms with Gasteiger partial charge in [-0.15, -0.1) is 12.4 Å². The van der Waals surface area contributed by atoms with Crippen LogP contribution in [0.2, 0.25) is 5.02 Å². The first-order valence-electron chi connectivity index (χ1n) is 8.04. The van der Waals surface area contributed by atoms with Gasteiger partial charge in [0.25, 0.3) is 0 Å². The smallest absolute Gasteiger partial charge is 0.161 e. The predicted molar refractivity (Wildman–Crippen MR) is 104 cm³/mol. The highest BCUT2D eigenvalue weighted by molar-refractivity contribution is 6.30. The first-order chi connectivity index (χ1) is 11.7. The second kappa shape index (κ2) is 11.2. The fourth-order valence-electron chi connectivity index (χ4n) is 2.33. The number of hydrogen-bond acceptors (Lipinski definition) is 4. The van der Waals surface area contributed by atoms with Crippen molar-refractivity contribution in [3.8, 4) is 11.5 Å². The lowest BCUT2D eigenvalue weighted by Crippen LogP contribution is -2.31. The van der Waals surface area contributed by atoms with Crippen molar-refractivity contribution in [2.45, 2.75) is 32.5 Å². The lowest BCUT2D eigenvalue weighted by molar-refractivity contribution is 0.238. The van der Waals surface area contributed by atoms with Crippen molar-refractivity contribution in [1.82, 2.24) is 5.32 Å². The molecular formula is C19H25Cl2NO3. The van der Waals surface area contributed by atoms with Crippen LogP contribution in [0.4, 0.5) is 0 Å². The molecule has 0 spiro atoms. The fraction of sp³-hybridized carbons (Fsp3) is 0.368. The molecular weight excluding hydrogens is 361 g/mol. The zero-order valence-electron chi connectivity index (χ0n) is 14.5. The molecule has 2 N–H and O–H groups in total. The zero-order valence-corrected chi connectivity index (χ0v) is 16.1. The van der Waals surface area contributed by atoms with Crippen molar-refractivity contribution in [3.63, 3.8) is 0 Å². The molecule has 0 bridgehead atoms. The molecule has 2 aromatic carbocycles. The molecule has 0 aliphatic heterocycles. The van der Waals surface area contributed by atoms with Gasteiger partial charge in [-0.3, -0.25) is 0 Å². The van der Waals surface area contributed by atoms with E-state index in [2.05, 4.69) is 5.32 Å². The quantitative estimate of drug-likeness (QED) is 0.678. The number of ether oxygens (including phenoxy) is 2. The largest absolute Gasteiger partial charge is 0.493 e. The van der Waals surface area contributed by atoms with E-state index in [1.807, 2.05) is 49.4 Å². The average Bonchev–Trinajstić information content (AvgIpc) is 2.61. The van der Waals surface area contributed by atoms with Crippen LogP contribution in [0, 0.1) is 0 Å². The molecule has 1 unspecified atom stereocenters. The first-order valence-corrected chi connectivity index (χ1v) is 8.42. The molecule has 1 atom stereocenters. The highest BCUT2D eigenvalue weighted by Gasteiger charge is 2.08. The first kappa shape index (κ1) is 21.6. The van der Waals surface area contributed by atoms with Gasteiger partial charge in [0.05, 0.1) is 13.7 Å². The summed E-state index contributed by atoms with van der Waals surface area (Å²) in [6, 6.07) is 13.5. The Labute approximate surface area is 160 Å². The molecule has 2 rings (SSSR count). The van der Waals surface area contributed by atoms with E-state index in [9.17, 15) is 5.11 Å². The number of nitrogens with one attached hydrogen (secondary N) is 1. The van der Waals surface area contributed by atoms with E-state index < -0.39 is 0 Å². The van der Waals surface area contributed by atoms with Gasteiger partial charge in [-0.1, -0.05) is 36.7 Å². The number of aliphatic hydroxyl groups excluding tert-OH is 1. The van der Waals surface area contributed by atoms with Crippen molar-refractivity contribution in [2.75, 3.05) is 13.7 Å². The number of aliphatic hydroxyl groups is 1. The van der Waals surface area contributed by atoms with Gasteiger partial charge in [-0.25, -0.2) is 0 Å². The number of benzene rings is 2. The molecule has 0 aliphatic carbocycles. The van der Waals surface area contributed by atoms with Gasteiger partial charge in [0, 0.05) is 17.6 Å². The molecule has 0 saturated heterocycles. The number of rotatable bonds is 9. The van der Waals surface area contributed by atoms with Crippen LogP contribution >= 0.6 is 24.0 Å². The van der Waals surface area contributed by atoms with E-state index in [1.165, 1.54) is 0 Å². The predicted octanol–water partition coefficient (Wildman–Crippen LogP) is 4.21. The summed E-state index contributed by atoms with van der Waals surface area (Å²) >= 11 is 5.99. The Hall–Kier alpha value is -1.46. The fourth-order valence-corrected chi connectivity index (χ4v) is 2.54. The van der Waals surface area contributed by atoms with Crippen LogP contribution in [-0.4, -0.2) is 24.9 Å². The summed E-state index contributed by atoms with van der Waals surface area (Å²) in [5.74, 6) is 1.38. The second-order valence-electron chi connectivity index (χ2n) is 5.57. The Morgan fingerprint density at radius 2 is 1.92 bits per heavy atom. The second-order valence-corrected chi connectivity index (χ2v) is 6.01. The van der Waals surface area contributed by atoms with Crippen molar-refractivity contribution in [1.29, 1.82) is 0 Å². The summed E-state index contributed by atoms with van der Waals surface area (Å²) in [4.78, 5) is 0. The normalized spacial score (nSPS) is 11.5. The lowest BCUT2D eigenvalue weighted by atomic mass is 10.1. The minimum Gasteiger partial charge on any atom is -0.493 e. The summed E-state index contributed by atoms with van der Waals surface area (Å²) in [5.41, 5.74) is 2.08. The summed E-state index contributed by atoms with van der Waals surface area (Å²) in [6.45, 7) is 3.27. The Bertz CT molecular complexity index is 648. The third kappa shape index (κ3) is 6.75. The van der Waals surface area contributed by atoms with E-state index in [1.54, 1.807) is 7.11 Å². The van der Waals surface area contributed by atoms with Crippen LogP contribution in [0.3, 0.4) is 0 Å². The maximum absolute atomic E-state index is 9.23. The van der Waals surface area contributed by atoms with E-state index in [0.29, 0.717) is 29.7 Å². The van der Waals surface area contributed by atoms with Gasteiger partial charge in [0.2, 0.25) is 0 Å². The number of halogens is 2. The maximum Gasteiger partial charge on any atom is 0.161 e. The highest BCUT2D eigenvalue weighted by atomic mass is 35.5. The third-order valence-corrected chi connectivity index (χ3v) is 4.05. The van der Waals surface area contributed by atoms with Gasteiger partial charge in [-0.2, -0.15) is 0 Å². The molecule has 0 radical (unpaired) electrons. The Morgan fingerprint density at radius 1 is 1.12 bits per heavy atom. The Balaban J connectivity index is 0.00000312. The van der Waals surface area contributed by atoms with Crippen molar-refractivity contribution < 1.29 is 14.6 Å². The lowest BCUT2D eigenvalue weighted by Gasteiger charge is -2.16. The minimum atomic E-state index is 0. The van der Waals surface area contributed by atoms with E-state index in [4.69, 9.17) is 21.1 Å². The van der Waals surface area contributed by atoms with Gasteiger partial charge >= 0.3 is 0 Å². The molecule has 0 fully saturated rings. The average molecular weight is 386 g/mol. The topological polar surface area (TPSA) is 50.7 Å². The molecule has 4 nitrogen and oxygen atoms in total. The molecule has 138 valence electrons. The van der Waals surface area contributed by atoms with Gasteiger partial charge in [0.1, 0.15) is 6.61 Å². The van der Waals surface area contributed by atoms with E-state index >= 15 is 0 Å². The summed E-state index contributed by atoms with van der Waals surface area (Å²) in [7, 11) is 1.63. The summed E-state index contributed by atoms with van der Waals surface area (Å²) in [5, 5.41) is 13.2. The molecule has 0 amide bonds. The zero-order chi connectivity index (χ0) is 17.4. The van der Waals surface area contributed by atoms with Crippen LogP contribution < -0.4 is 14.8 Å². The van der Waals surface area contributed by atoms with Gasteiger partial charge in [0.15, 0.2) is 11.5 Å². The van der Waals surface area contributed by atoms with Gasteiger partial charge in [-0.05, 0) is 41.8 Å². The van der Waals surface area contributed by atoms with Crippen molar-refractivity contribution in [2.24, 2.45) is 0 Å². The van der Waals surface area contributed by atoms with Crippen LogP contribution in [0.5, 0.6) is 11.5 Å². The number of hydrogen-bond donors (Lipinski definition) is 2. The Kier molecular flexibility index (Phi) is 9.68. The highest BCUT2D eigenvalue weighted by Crippen LogP contribution is 2.29. The monoisotopic (exact) mass is 385 g/mol. The van der Waals surface area contributed by atoms with Crippen LogP contribution in [0.1, 0.15) is 24.5 Å². The molecule has 0 aromatic heterocycles. The summed E-state index contributed by atoms with van der Waals surface area (Å²) < 4.78 is 11.3. The van der Waals surface area contributed by atoms with Crippen molar-refractivity contribution >= 4 is 24.0 Å². The minimum absolute atomic E-state index is 0. The molecule has 0 aliphatic rings. The molecule has 0 heterocycles. The molecule has 2 aromatic rings. The van der Waals surface area contributed by atoms with Crippen LogP contribution in [0.25, 0.3) is 0 Å². The molecule has 6 heteroatoms. The summed E-state index contributed by atoms with van der Waals surface area (Å²) in [6.07, 6.45) is 0.883. The van der Waals surface area contributed by atoms with E-state index in [0.717, 1.165) is 17.5 Å². The molecule has 0 saturated carbocycles. The van der Waals surface area contributed by atoms with Crippen molar-refractivity contribution in [3.05, 3.63) is 58.6 Å². The van der Waals surface area contributed by atoms with E-state index in [-0.39, 0.29) is 25.1 Å². The number of methoxy groups -OCH3 is 1. The van der Waals surface area contributed by atoms with Crippen LogP contribution in [0.15, 0.2) is 42.5 Å².